The van der Waals surface area contributed by atoms with Crippen LogP contribution in [0.5, 0.6) is 5.75 Å². The zero-order valence-corrected chi connectivity index (χ0v) is 13.9. The van der Waals surface area contributed by atoms with Gasteiger partial charge >= 0.3 is 6.03 Å². The molecule has 0 bridgehead atoms. The van der Waals surface area contributed by atoms with Gasteiger partial charge in [-0.3, -0.25) is 4.68 Å². The first-order valence-electron chi connectivity index (χ1n) is 8.46. The molecule has 128 valence electrons. The van der Waals surface area contributed by atoms with Crippen LogP contribution < -0.4 is 10.6 Å². The summed E-state index contributed by atoms with van der Waals surface area (Å²) in [4.78, 5) is 12.2. The van der Waals surface area contributed by atoms with Crippen molar-refractivity contribution in [3.05, 3.63) is 47.8 Å². The molecule has 1 aliphatic rings. The molecule has 6 heteroatoms. The van der Waals surface area contributed by atoms with Gasteiger partial charge in [-0.25, -0.2) is 4.79 Å². The normalized spacial score (nSPS) is 17.8. The molecule has 3 N–H and O–H groups in total. The number of phenolic OH excluding ortho intramolecular Hbond substituents is 1. The Morgan fingerprint density at radius 1 is 1.46 bits per heavy atom. The summed E-state index contributed by atoms with van der Waals surface area (Å²) in [5.74, 6) is 0.616. The molecule has 2 atom stereocenters. The highest BCUT2D eigenvalue weighted by atomic mass is 16.3. The molecule has 1 aromatic carbocycles. The van der Waals surface area contributed by atoms with Gasteiger partial charge in [0.05, 0.1) is 6.04 Å². The van der Waals surface area contributed by atoms with Crippen molar-refractivity contribution in [2.24, 2.45) is 5.92 Å². The van der Waals surface area contributed by atoms with Crippen molar-refractivity contribution in [3.63, 3.8) is 0 Å². The van der Waals surface area contributed by atoms with Gasteiger partial charge in [-0.2, -0.15) is 5.10 Å². The standard InChI is InChI=1S/C18H24N4O2/c1-13(12-22-10-4-9-20-22)11-19-18(24)21-16-7-2-6-15-14(16)5-3-8-17(15)23/h3-5,8-10,13,16,23H,2,6-7,11-12H2,1H3,(H2,19,21,24)/t13-,16+/m1/s1. The van der Waals surface area contributed by atoms with E-state index in [1.165, 1.54) is 0 Å². The van der Waals surface area contributed by atoms with Gasteiger partial charge in [-0.05, 0) is 48.4 Å². The maximum atomic E-state index is 12.2. The van der Waals surface area contributed by atoms with E-state index in [1.54, 1.807) is 12.3 Å². The van der Waals surface area contributed by atoms with Gasteiger partial charge in [0, 0.05) is 25.5 Å². The lowest BCUT2D eigenvalue weighted by Gasteiger charge is -2.27. The monoisotopic (exact) mass is 328 g/mol. The highest BCUT2D eigenvalue weighted by Gasteiger charge is 2.23. The van der Waals surface area contributed by atoms with Gasteiger partial charge < -0.3 is 15.7 Å². The van der Waals surface area contributed by atoms with Crippen LogP contribution >= 0.6 is 0 Å². The number of fused-ring (bicyclic) bond motifs is 1. The summed E-state index contributed by atoms with van der Waals surface area (Å²) in [6.45, 7) is 3.44. The van der Waals surface area contributed by atoms with E-state index in [9.17, 15) is 9.90 Å². The first-order chi connectivity index (χ1) is 11.6. The van der Waals surface area contributed by atoms with E-state index < -0.39 is 0 Å². The molecular formula is C18H24N4O2. The Kier molecular flexibility index (Phi) is 5.03. The first kappa shape index (κ1) is 16.4. The van der Waals surface area contributed by atoms with E-state index in [2.05, 4.69) is 22.7 Å². The van der Waals surface area contributed by atoms with Crippen LogP contribution in [-0.2, 0) is 13.0 Å². The summed E-state index contributed by atoms with van der Waals surface area (Å²) < 4.78 is 1.87. The predicted molar refractivity (Wildman–Crippen MR) is 91.7 cm³/mol. The second-order valence-corrected chi connectivity index (χ2v) is 6.48. The highest BCUT2D eigenvalue weighted by molar-refractivity contribution is 5.74. The van der Waals surface area contributed by atoms with Gasteiger partial charge in [-0.15, -0.1) is 0 Å². The number of carbonyl (C=O) groups is 1. The number of amides is 2. The van der Waals surface area contributed by atoms with Crippen LogP contribution in [0.1, 0.15) is 36.9 Å². The van der Waals surface area contributed by atoms with E-state index >= 15 is 0 Å². The van der Waals surface area contributed by atoms with Crippen molar-refractivity contribution in [2.75, 3.05) is 6.54 Å². The maximum Gasteiger partial charge on any atom is 0.315 e. The number of rotatable bonds is 5. The third-order valence-corrected chi connectivity index (χ3v) is 4.46. The van der Waals surface area contributed by atoms with Crippen LogP contribution in [-0.4, -0.2) is 27.5 Å². The fraction of sp³-hybridized carbons (Fsp3) is 0.444. The smallest absolute Gasteiger partial charge is 0.315 e. The number of hydrogen-bond acceptors (Lipinski definition) is 3. The molecule has 0 saturated heterocycles. The summed E-state index contributed by atoms with van der Waals surface area (Å²) in [6.07, 6.45) is 6.39. The molecule has 2 aromatic rings. The van der Waals surface area contributed by atoms with Crippen molar-refractivity contribution in [3.8, 4) is 5.75 Å². The summed E-state index contributed by atoms with van der Waals surface area (Å²) in [5, 5.41) is 20.1. The summed E-state index contributed by atoms with van der Waals surface area (Å²) in [7, 11) is 0. The fourth-order valence-electron chi connectivity index (χ4n) is 3.25. The number of phenols is 1. The minimum atomic E-state index is -0.163. The number of carbonyl (C=O) groups excluding carboxylic acids is 1. The van der Waals surface area contributed by atoms with Crippen molar-refractivity contribution in [2.45, 2.75) is 38.8 Å². The van der Waals surface area contributed by atoms with Gasteiger partial charge in [0.2, 0.25) is 0 Å². The van der Waals surface area contributed by atoms with Gasteiger partial charge in [-0.1, -0.05) is 19.1 Å². The molecule has 1 aliphatic carbocycles. The Hall–Kier alpha value is -2.50. The predicted octanol–water partition coefficient (Wildman–Crippen LogP) is 2.60. The fourth-order valence-corrected chi connectivity index (χ4v) is 3.25. The largest absolute Gasteiger partial charge is 0.508 e. The molecule has 0 spiro atoms. The van der Waals surface area contributed by atoms with E-state index in [0.717, 1.165) is 36.9 Å². The minimum Gasteiger partial charge on any atom is -0.508 e. The topological polar surface area (TPSA) is 79.2 Å². The number of hydrogen-bond donors (Lipinski definition) is 3. The second kappa shape index (κ2) is 7.38. The van der Waals surface area contributed by atoms with Crippen LogP contribution in [0.3, 0.4) is 0 Å². The Balaban J connectivity index is 1.52. The number of benzene rings is 1. The van der Waals surface area contributed by atoms with Crippen molar-refractivity contribution in [1.82, 2.24) is 20.4 Å². The van der Waals surface area contributed by atoms with Crippen LogP contribution in [0.2, 0.25) is 0 Å². The Labute approximate surface area is 141 Å². The third kappa shape index (κ3) is 3.88. The molecule has 1 aromatic heterocycles. The van der Waals surface area contributed by atoms with E-state index in [0.29, 0.717) is 18.2 Å². The molecule has 3 rings (SSSR count). The molecule has 0 radical (unpaired) electrons. The summed E-state index contributed by atoms with van der Waals surface area (Å²) in [6, 6.07) is 7.21. The van der Waals surface area contributed by atoms with Crippen molar-refractivity contribution >= 4 is 6.03 Å². The number of aromatic hydroxyl groups is 1. The average molecular weight is 328 g/mol. The molecule has 2 amide bonds. The number of aromatic nitrogens is 2. The summed E-state index contributed by atoms with van der Waals surface area (Å²) >= 11 is 0. The maximum absolute atomic E-state index is 12.2. The highest BCUT2D eigenvalue weighted by Crippen LogP contribution is 2.34. The Morgan fingerprint density at radius 3 is 3.12 bits per heavy atom. The molecule has 24 heavy (non-hydrogen) atoms. The molecule has 6 nitrogen and oxygen atoms in total. The molecule has 0 fully saturated rings. The third-order valence-electron chi connectivity index (χ3n) is 4.46. The molecule has 0 saturated carbocycles. The number of nitrogens with one attached hydrogen (secondary N) is 2. The quantitative estimate of drug-likeness (QED) is 0.789. The lowest BCUT2D eigenvalue weighted by atomic mass is 9.87. The first-order valence-corrected chi connectivity index (χ1v) is 8.46. The molecule has 0 unspecified atom stereocenters. The zero-order chi connectivity index (χ0) is 16.9. The second-order valence-electron chi connectivity index (χ2n) is 6.48. The van der Waals surface area contributed by atoms with Gasteiger partial charge in [0.1, 0.15) is 5.75 Å². The summed E-state index contributed by atoms with van der Waals surface area (Å²) in [5.41, 5.74) is 1.99. The number of urea groups is 1. The average Bonchev–Trinajstić information content (AvgIpc) is 3.07. The number of nitrogens with zero attached hydrogens (tertiary/aromatic N) is 2. The van der Waals surface area contributed by atoms with E-state index in [1.807, 2.05) is 29.1 Å². The SMILES string of the molecule is C[C@H](CNC(=O)N[C@H]1CCCc2c(O)cccc21)Cn1cccn1. The molecule has 1 heterocycles. The lowest BCUT2D eigenvalue weighted by Crippen LogP contribution is -2.41. The van der Waals surface area contributed by atoms with E-state index in [-0.39, 0.29) is 12.1 Å². The lowest BCUT2D eigenvalue weighted by molar-refractivity contribution is 0.233. The van der Waals surface area contributed by atoms with Gasteiger partial charge in [0.15, 0.2) is 0 Å². The van der Waals surface area contributed by atoms with E-state index in [4.69, 9.17) is 0 Å². The van der Waals surface area contributed by atoms with Crippen molar-refractivity contribution < 1.29 is 9.90 Å². The van der Waals surface area contributed by atoms with Crippen LogP contribution in [0, 0.1) is 5.92 Å². The minimum absolute atomic E-state index is 0.0396. The Bertz CT molecular complexity index is 684. The van der Waals surface area contributed by atoms with Gasteiger partial charge in [0.25, 0.3) is 0 Å². The van der Waals surface area contributed by atoms with Crippen LogP contribution in [0.4, 0.5) is 4.79 Å². The molecule has 0 aliphatic heterocycles. The Morgan fingerprint density at radius 2 is 2.33 bits per heavy atom. The zero-order valence-electron chi connectivity index (χ0n) is 13.9. The van der Waals surface area contributed by atoms with Crippen LogP contribution in [0.25, 0.3) is 0 Å². The van der Waals surface area contributed by atoms with Crippen molar-refractivity contribution in [1.29, 1.82) is 0 Å². The van der Waals surface area contributed by atoms with Crippen LogP contribution in [0.15, 0.2) is 36.7 Å². The molecular weight excluding hydrogens is 304 g/mol.